The first-order chi connectivity index (χ1) is 11.8. The summed E-state index contributed by atoms with van der Waals surface area (Å²) in [6.45, 7) is 2.33. The lowest BCUT2D eigenvalue weighted by molar-refractivity contribution is 0.0267. The third kappa shape index (κ3) is 2.95. The zero-order chi connectivity index (χ0) is 16.4. The molecule has 1 spiro atoms. The van der Waals surface area contributed by atoms with Crippen LogP contribution < -0.4 is 4.74 Å². The summed E-state index contributed by atoms with van der Waals surface area (Å²) < 4.78 is 5.41. The zero-order valence-corrected chi connectivity index (χ0v) is 14.6. The predicted octanol–water partition coefficient (Wildman–Crippen LogP) is 4.61. The Morgan fingerprint density at radius 2 is 1.88 bits per heavy atom. The second kappa shape index (κ2) is 6.60. The fourth-order valence-electron chi connectivity index (χ4n) is 4.63. The summed E-state index contributed by atoms with van der Waals surface area (Å²) in [5, 5.41) is 0. The first-order valence-electron chi connectivity index (χ1n) is 9.24. The summed E-state index contributed by atoms with van der Waals surface area (Å²) in [6, 6.07) is 17.6. The largest absolute Gasteiger partial charge is 0.497 e. The summed E-state index contributed by atoms with van der Waals surface area (Å²) in [5.41, 5.74) is 4.82. The van der Waals surface area contributed by atoms with E-state index in [9.17, 15) is 0 Å². The summed E-state index contributed by atoms with van der Waals surface area (Å²) in [7, 11) is 1.76. The highest BCUT2D eigenvalue weighted by atomic mass is 16.5. The average molecular weight is 321 g/mol. The molecule has 1 saturated heterocycles. The average Bonchev–Trinajstić information content (AvgIpc) is 2.64. The van der Waals surface area contributed by atoms with Crippen molar-refractivity contribution in [3.05, 3.63) is 65.2 Å². The molecule has 0 N–H and O–H groups in total. The van der Waals surface area contributed by atoms with E-state index in [1.807, 2.05) is 0 Å². The van der Waals surface area contributed by atoms with E-state index in [0.29, 0.717) is 5.54 Å². The van der Waals surface area contributed by atoms with Gasteiger partial charge in [0.2, 0.25) is 0 Å². The normalized spacial score (nSPS) is 23.9. The Morgan fingerprint density at radius 3 is 2.71 bits per heavy atom. The number of rotatable bonds is 3. The minimum Gasteiger partial charge on any atom is -0.497 e. The number of hydrogen-bond acceptors (Lipinski definition) is 2. The molecule has 2 aromatic rings. The van der Waals surface area contributed by atoms with E-state index < -0.39 is 0 Å². The van der Waals surface area contributed by atoms with Gasteiger partial charge in [-0.2, -0.15) is 0 Å². The van der Waals surface area contributed by atoms with Gasteiger partial charge in [-0.1, -0.05) is 42.8 Å². The Morgan fingerprint density at radius 1 is 1.00 bits per heavy atom. The molecule has 1 fully saturated rings. The van der Waals surface area contributed by atoms with Gasteiger partial charge in [0.15, 0.2) is 0 Å². The van der Waals surface area contributed by atoms with E-state index in [2.05, 4.69) is 53.4 Å². The van der Waals surface area contributed by atoms with Crippen LogP contribution in [0.2, 0.25) is 0 Å². The fraction of sp³-hybridized carbons (Fsp3) is 0.455. The molecule has 1 unspecified atom stereocenters. The molecule has 1 atom stereocenters. The van der Waals surface area contributed by atoms with Crippen molar-refractivity contribution in [2.75, 3.05) is 13.7 Å². The molecule has 0 radical (unpaired) electrons. The lowest BCUT2D eigenvalue weighted by atomic mass is 9.72. The van der Waals surface area contributed by atoms with E-state index in [1.165, 1.54) is 61.8 Å². The smallest absolute Gasteiger partial charge is 0.119 e. The third-order valence-corrected chi connectivity index (χ3v) is 6.00. The Kier molecular flexibility index (Phi) is 4.32. The molecule has 1 aliphatic carbocycles. The van der Waals surface area contributed by atoms with Crippen LogP contribution in [0.15, 0.2) is 48.5 Å². The summed E-state index contributed by atoms with van der Waals surface area (Å²) in [5.74, 6) is 0.995. The molecule has 24 heavy (non-hydrogen) atoms. The quantitative estimate of drug-likeness (QED) is 0.818. The number of methoxy groups -OCH3 is 1. The molecule has 2 heteroatoms. The maximum atomic E-state index is 5.41. The van der Waals surface area contributed by atoms with Crippen molar-refractivity contribution >= 4 is 0 Å². The van der Waals surface area contributed by atoms with E-state index in [-0.39, 0.29) is 0 Å². The maximum Gasteiger partial charge on any atom is 0.119 e. The summed E-state index contributed by atoms with van der Waals surface area (Å²) in [6.07, 6.45) is 7.70. The molecule has 0 aromatic heterocycles. The van der Waals surface area contributed by atoms with Crippen LogP contribution in [0.3, 0.4) is 0 Å². The van der Waals surface area contributed by atoms with Crippen LogP contribution in [0, 0.1) is 0 Å². The number of hydrogen-bond donors (Lipinski definition) is 0. The van der Waals surface area contributed by atoms with Crippen LogP contribution in [0.1, 0.15) is 42.4 Å². The van der Waals surface area contributed by atoms with Gasteiger partial charge in [-0.3, -0.25) is 4.90 Å². The standard InChI is InChI=1S/C22H27NO/c1-24-21-10-9-20-16-22(13-11-19(20)15-21)12-5-6-14-23(22)17-18-7-3-2-4-8-18/h2-4,7-10,15H,5-6,11-14,16-17H2,1H3. The SMILES string of the molecule is COc1ccc2c(c1)CCC1(CCCCN1Cc1ccccc1)C2. The molecule has 2 aliphatic rings. The van der Waals surface area contributed by atoms with Crippen molar-refractivity contribution in [2.45, 2.75) is 50.6 Å². The Bertz CT molecular complexity index is 696. The predicted molar refractivity (Wildman–Crippen MR) is 98.5 cm³/mol. The van der Waals surface area contributed by atoms with Crippen molar-refractivity contribution < 1.29 is 4.74 Å². The van der Waals surface area contributed by atoms with Gasteiger partial charge in [0.05, 0.1) is 7.11 Å². The van der Waals surface area contributed by atoms with Gasteiger partial charge >= 0.3 is 0 Å². The monoisotopic (exact) mass is 321 g/mol. The van der Waals surface area contributed by atoms with Crippen molar-refractivity contribution in [3.63, 3.8) is 0 Å². The summed E-state index contributed by atoms with van der Waals surface area (Å²) in [4.78, 5) is 2.78. The van der Waals surface area contributed by atoms with Crippen LogP contribution in [-0.2, 0) is 19.4 Å². The number of piperidine rings is 1. The van der Waals surface area contributed by atoms with Crippen LogP contribution >= 0.6 is 0 Å². The number of benzene rings is 2. The maximum absolute atomic E-state index is 5.41. The highest BCUT2D eigenvalue weighted by Crippen LogP contribution is 2.41. The number of likely N-dealkylation sites (tertiary alicyclic amines) is 1. The second-order valence-electron chi connectivity index (χ2n) is 7.40. The first kappa shape index (κ1) is 15.7. The minimum absolute atomic E-state index is 0.357. The van der Waals surface area contributed by atoms with Gasteiger partial charge in [0.1, 0.15) is 5.75 Å². The molecule has 1 heterocycles. The van der Waals surface area contributed by atoms with Gasteiger partial charge < -0.3 is 4.74 Å². The second-order valence-corrected chi connectivity index (χ2v) is 7.40. The zero-order valence-electron chi connectivity index (χ0n) is 14.6. The van der Waals surface area contributed by atoms with E-state index in [1.54, 1.807) is 7.11 Å². The minimum atomic E-state index is 0.357. The van der Waals surface area contributed by atoms with Crippen LogP contribution in [0.4, 0.5) is 0 Å². The van der Waals surface area contributed by atoms with Crippen LogP contribution in [0.25, 0.3) is 0 Å². The van der Waals surface area contributed by atoms with Gasteiger partial charge in [-0.15, -0.1) is 0 Å². The number of ether oxygens (including phenoxy) is 1. The van der Waals surface area contributed by atoms with Crippen molar-refractivity contribution in [1.82, 2.24) is 4.90 Å². The first-order valence-corrected chi connectivity index (χ1v) is 9.24. The fourth-order valence-corrected chi connectivity index (χ4v) is 4.63. The Labute approximate surface area is 145 Å². The molecule has 126 valence electrons. The number of nitrogens with zero attached hydrogens (tertiary/aromatic N) is 1. The van der Waals surface area contributed by atoms with Crippen molar-refractivity contribution in [1.29, 1.82) is 0 Å². The molecule has 0 amide bonds. The molecule has 2 nitrogen and oxygen atoms in total. The van der Waals surface area contributed by atoms with Crippen molar-refractivity contribution in [3.8, 4) is 5.75 Å². The van der Waals surface area contributed by atoms with Gasteiger partial charge in [-0.05, 0) is 67.5 Å². The molecule has 4 rings (SSSR count). The van der Waals surface area contributed by atoms with E-state index in [4.69, 9.17) is 4.74 Å². The van der Waals surface area contributed by atoms with Gasteiger partial charge in [-0.25, -0.2) is 0 Å². The summed E-state index contributed by atoms with van der Waals surface area (Å²) >= 11 is 0. The molecule has 2 aromatic carbocycles. The van der Waals surface area contributed by atoms with Gasteiger partial charge in [0.25, 0.3) is 0 Å². The van der Waals surface area contributed by atoms with Crippen LogP contribution in [0.5, 0.6) is 5.75 Å². The van der Waals surface area contributed by atoms with Crippen LogP contribution in [-0.4, -0.2) is 24.1 Å². The molecular formula is C22H27NO. The Hall–Kier alpha value is -1.80. The van der Waals surface area contributed by atoms with E-state index in [0.717, 1.165) is 12.3 Å². The topological polar surface area (TPSA) is 12.5 Å². The lowest BCUT2D eigenvalue weighted by Crippen LogP contribution is -2.54. The third-order valence-electron chi connectivity index (χ3n) is 6.00. The number of fused-ring (bicyclic) bond motifs is 1. The van der Waals surface area contributed by atoms with Crippen molar-refractivity contribution in [2.24, 2.45) is 0 Å². The molecule has 0 bridgehead atoms. The highest BCUT2D eigenvalue weighted by molar-refractivity contribution is 5.39. The van der Waals surface area contributed by atoms with E-state index >= 15 is 0 Å². The number of aryl methyl sites for hydroxylation is 1. The molecule has 0 saturated carbocycles. The molecular weight excluding hydrogens is 294 g/mol. The lowest BCUT2D eigenvalue weighted by Gasteiger charge is -2.50. The highest BCUT2D eigenvalue weighted by Gasteiger charge is 2.41. The Balaban J connectivity index is 1.59. The molecule has 1 aliphatic heterocycles. The van der Waals surface area contributed by atoms with Gasteiger partial charge in [0, 0.05) is 12.1 Å².